The van der Waals surface area contributed by atoms with E-state index in [0.29, 0.717) is 12.2 Å². The van der Waals surface area contributed by atoms with Gasteiger partial charge in [0.15, 0.2) is 0 Å². The maximum absolute atomic E-state index is 13.0. The van der Waals surface area contributed by atoms with Gasteiger partial charge in [0.1, 0.15) is 11.6 Å². The SMILES string of the molecule is CCc1cc(=O)[nH]c(C(C)(C)c2ccc(F)cc2)n1. The van der Waals surface area contributed by atoms with E-state index in [1.807, 2.05) is 20.8 Å². The molecule has 0 aliphatic carbocycles. The van der Waals surface area contributed by atoms with Crippen molar-refractivity contribution in [1.29, 1.82) is 0 Å². The molecule has 0 unspecified atom stereocenters. The molecule has 2 aromatic rings. The number of aromatic amines is 1. The highest BCUT2D eigenvalue weighted by Crippen LogP contribution is 2.28. The first-order chi connectivity index (χ1) is 8.93. The number of halogens is 1. The Hall–Kier alpha value is -1.97. The zero-order chi connectivity index (χ0) is 14.0. The van der Waals surface area contributed by atoms with Crippen LogP contribution in [0.5, 0.6) is 0 Å². The maximum atomic E-state index is 13.0. The number of nitrogens with one attached hydrogen (secondary N) is 1. The predicted octanol–water partition coefficient (Wildman–Crippen LogP) is 2.80. The Kier molecular flexibility index (Phi) is 3.51. The smallest absolute Gasteiger partial charge is 0.251 e. The maximum Gasteiger partial charge on any atom is 0.251 e. The molecule has 1 aromatic heterocycles. The number of aromatic nitrogens is 2. The van der Waals surface area contributed by atoms with Crippen LogP contribution >= 0.6 is 0 Å². The van der Waals surface area contributed by atoms with Gasteiger partial charge in [-0.05, 0) is 38.0 Å². The first kappa shape index (κ1) is 13.5. The van der Waals surface area contributed by atoms with Gasteiger partial charge in [-0.25, -0.2) is 9.37 Å². The summed E-state index contributed by atoms with van der Waals surface area (Å²) >= 11 is 0. The lowest BCUT2D eigenvalue weighted by Crippen LogP contribution is -2.26. The third kappa shape index (κ3) is 2.72. The summed E-state index contributed by atoms with van der Waals surface area (Å²) < 4.78 is 13.0. The molecule has 1 N–H and O–H groups in total. The summed E-state index contributed by atoms with van der Waals surface area (Å²) in [7, 11) is 0. The van der Waals surface area contributed by atoms with Crippen molar-refractivity contribution in [1.82, 2.24) is 9.97 Å². The minimum atomic E-state index is -0.474. The minimum Gasteiger partial charge on any atom is -0.310 e. The molecule has 0 atom stereocenters. The van der Waals surface area contributed by atoms with Crippen LogP contribution in [-0.4, -0.2) is 9.97 Å². The zero-order valence-corrected chi connectivity index (χ0v) is 11.3. The van der Waals surface area contributed by atoms with Crippen LogP contribution in [0.15, 0.2) is 35.1 Å². The number of benzene rings is 1. The summed E-state index contributed by atoms with van der Waals surface area (Å²) in [5.41, 5.74) is 1.04. The fourth-order valence-corrected chi connectivity index (χ4v) is 1.99. The van der Waals surface area contributed by atoms with E-state index in [2.05, 4.69) is 9.97 Å². The van der Waals surface area contributed by atoms with Gasteiger partial charge < -0.3 is 4.98 Å². The van der Waals surface area contributed by atoms with Crippen molar-refractivity contribution >= 4 is 0 Å². The predicted molar refractivity (Wildman–Crippen MR) is 72.8 cm³/mol. The molecule has 3 nitrogen and oxygen atoms in total. The summed E-state index contributed by atoms with van der Waals surface area (Å²) in [4.78, 5) is 18.9. The molecule has 1 aromatic carbocycles. The van der Waals surface area contributed by atoms with Crippen LogP contribution < -0.4 is 5.56 Å². The number of hydrogen-bond donors (Lipinski definition) is 1. The van der Waals surface area contributed by atoms with E-state index in [0.717, 1.165) is 11.3 Å². The normalized spacial score (nSPS) is 11.6. The summed E-state index contributed by atoms with van der Waals surface area (Å²) in [6, 6.07) is 7.77. The number of rotatable bonds is 3. The summed E-state index contributed by atoms with van der Waals surface area (Å²) in [5.74, 6) is 0.326. The summed E-state index contributed by atoms with van der Waals surface area (Å²) in [5, 5.41) is 0. The Labute approximate surface area is 111 Å². The Morgan fingerprint density at radius 1 is 1.26 bits per heavy atom. The van der Waals surface area contributed by atoms with Gasteiger partial charge in [-0.3, -0.25) is 4.79 Å². The van der Waals surface area contributed by atoms with E-state index in [-0.39, 0.29) is 11.4 Å². The van der Waals surface area contributed by atoms with E-state index in [1.165, 1.54) is 18.2 Å². The van der Waals surface area contributed by atoms with E-state index in [9.17, 15) is 9.18 Å². The van der Waals surface area contributed by atoms with Crippen molar-refractivity contribution < 1.29 is 4.39 Å². The van der Waals surface area contributed by atoms with Crippen LogP contribution in [0.2, 0.25) is 0 Å². The number of H-pyrrole nitrogens is 1. The van der Waals surface area contributed by atoms with Crippen LogP contribution in [0.4, 0.5) is 4.39 Å². The molecule has 0 saturated carbocycles. The van der Waals surface area contributed by atoms with Crippen LogP contribution in [-0.2, 0) is 11.8 Å². The number of aryl methyl sites for hydroxylation is 1. The quantitative estimate of drug-likeness (QED) is 0.922. The van der Waals surface area contributed by atoms with Gasteiger partial charge in [-0.2, -0.15) is 0 Å². The van der Waals surface area contributed by atoms with Crippen molar-refractivity contribution in [2.75, 3.05) is 0 Å². The Morgan fingerprint density at radius 3 is 2.47 bits per heavy atom. The lowest BCUT2D eigenvalue weighted by Gasteiger charge is -2.24. The summed E-state index contributed by atoms with van der Waals surface area (Å²) in [6.07, 6.45) is 0.705. The lowest BCUT2D eigenvalue weighted by molar-refractivity contribution is 0.576. The van der Waals surface area contributed by atoms with Crippen LogP contribution in [0.25, 0.3) is 0 Å². The van der Waals surface area contributed by atoms with Gasteiger partial charge >= 0.3 is 0 Å². The van der Waals surface area contributed by atoms with Gasteiger partial charge in [0.25, 0.3) is 5.56 Å². The van der Waals surface area contributed by atoms with E-state index in [1.54, 1.807) is 12.1 Å². The highest BCUT2D eigenvalue weighted by Gasteiger charge is 2.26. The monoisotopic (exact) mass is 260 g/mol. The largest absolute Gasteiger partial charge is 0.310 e. The Balaban J connectivity index is 2.52. The molecule has 0 fully saturated rings. The van der Waals surface area contributed by atoms with E-state index < -0.39 is 5.41 Å². The molecule has 19 heavy (non-hydrogen) atoms. The van der Waals surface area contributed by atoms with Crippen LogP contribution in [0.3, 0.4) is 0 Å². The van der Waals surface area contributed by atoms with Gasteiger partial charge in [-0.1, -0.05) is 19.1 Å². The van der Waals surface area contributed by atoms with Crippen molar-refractivity contribution in [2.45, 2.75) is 32.6 Å². The molecule has 0 amide bonds. The van der Waals surface area contributed by atoms with Gasteiger partial charge in [0.2, 0.25) is 0 Å². The fourth-order valence-electron chi connectivity index (χ4n) is 1.99. The molecule has 1 heterocycles. The molecule has 0 aliphatic rings. The number of nitrogens with zero attached hydrogens (tertiary/aromatic N) is 1. The number of hydrogen-bond acceptors (Lipinski definition) is 2. The average molecular weight is 260 g/mol. The molecule has 0 bridgehead atoms. The van der Waals surface area contributed by atoms with Crippen molar-refractivity contribution in [3.05, 3.63) is 63.6 Å². The van der Waals surface area contributed by atoms with Gasteiger partial charge in [0.05, 0.1) is 0 Å². The standard InChI is InChI=1S/C15H17FN2O/c1-4-12-9-13(19)18-14(17-12)15(2,3)10-5-7-11(16)8-6-10/h5-9H,4H2,1-3H3,(H,17,18,19). The third-order valence-electron chi connectivity index (χ3n) is 3.31. The Morgan fingerprint density at radius 2 is 1.89 bits per heavy atom. The van der Waals surface area contributed by atoms with E-state index in [4.69, 9.17) is 0 Å². The molecule has 4 heteroatoms. The first-order valence-corrected chi connectivity index (χ1v) is 6.30. The fraction of sp³-hybridized carbons (Fsp3) is 0.333. The highest BCUT2D eigenvalue weighted by atomic mass is 19.1. The van der Waals surface area contributed by atoms with Gasteiger partial charge in [0, 0.05) is 17.2 Å². The molecule has 0 saturated heterocycles. The van der Waals surface area contributed by atoms with Gasteiger partial charge in [-0.15, -0.1) is 0 Å². The van der Waals surface area contributed by atoms with Crippen molar-refractivity contribution in [2.24, 2.45) is 0 Å². The molecule has 0 aliphatic heterocycles. The Bertz CT molecular complexity index is 629. The molecular formula is C15H17FN2O. The second kappa shape index (κ2) is 4.96. The highest BCUT2D eigenvalue weighted by molar-refractivity contribution is 5.31. The average Bonchev–Trinajstić information content (AvgIpc) is 2.38. The molecular weight excluding hydrogens is 243 g/mol. The topological polar surface area (TPSA) is 45.8 Å². The van der Waals surface area contributed by atoms with E-state index >= 15 is 0 Å². The van der Waals surface area contributed by atoms with Crippen LogP contribution in [0.1, 0.15) is 37.9 Å². The lowest BCUT2D eigenvalue weighted by atomic mass is 9.83. The molecule has 100 valence electrons. The van der Waals surface area contributed by atoms with Crippen molar-refractivity contribution in [3.63, 3.8) is 0 Å². The minimum absolute atomic E-state index is 0.156. The molecule has 0 radical (unpaired) electrons. The van der Waals surface area contributed by atoms with Crippen LogP contribution in [0, 0.1) is 5.82 Å². The third-order valence-corrected chi connectivity index (χ3v) is 3.31. The summed E-state index contributed by atoms with van der Waals surface area (Å²) in [6.45, 7) is 5.87. The second-order valence-corrected chi connectivity index (χ2v) is 5.07. The van der Waals surface area contributed by atoms with Crippen molar-refractivity contribution in [3.8, 4) is 0 Å². The zero-order valence-electron chi connectivity index (χ0n) is 11.3. The molecule has 0 spiro atoms. The molecule has 2 rings (SSSR count). The first-order valence-electron chi connectivity index (χ1n) is 6.30. The second-order valence-electron chi connectivity index (χ2n) is 5.07.